The van der Waals surface area contributed by atoms with Gasteiger partial charge in [-0.3, -0.25) is 9.78 Å². The van der Waals surface area contributed by atoms with Crippen LogP contribution < -0.4 is 4.74 Å². The van der Waals surface area contributed by atoms with Crippen LogP contribution in [-0.4, -0.2) is 58.3 Å². The van der Waals surface area contributed by atoms with E-state index in [1.807, 2.05) is 54.3 Å². The van der Waals surface area contributed by atoms with E-state index in [1.165, 1.54) is 11.3 Å². The Labute approximate surface area is 225 Å². The molecule has 1 aliphatic heterocycles. The Morgan fingerprint density at radius 3 is 2.59 bits per heavy atom. The number of para-hydroxylation sites is 1. The number of thiazole rings is 1. The summed E-state index contributed by atoms with van der Waals surface area (Å²) < 4.78 is 5.67. The molecular weight excluding hydrogens is 553 g/mol. The second kappa shape index (κ2) is 13.0. The standard InChI is InChI=1S/C22H21N4O3S.CH3.Pr/c27-16-25-11-8-20(22-24-19(15-30-22)17-6-9-23-10-7-17)26(13-12-25)21(28)14-29-18-4-2-1-3-5-18;;/h1-7,9-10,15,20H,8,11-14H2;1H3;/q2*-1;. The molecule has 0 aliphatic carbocycles. The molecule has 1 radical (unpaired) electrons. The van der Waals surface area contributed by atoms with Gasteiger partial charge in [0.1, 0.15) is 10.8 Å². The smallest absolute Gasteiger partial charge is 0.261 e. The second-order valence-corrected chi connectivity index (χ2v) is 7.77. The molecule has 0 N–H and O–H groups in total. The van der Waals surface area contributed by atoms with Gasteiger partial charge < -0.3 is 26.8 Å². The predicted octanol–water partition coefficient (Wildman–Crippen LogP) is 3.38. The summed E-state index contributed by atoms with van der Waals surface area (Å²) >= 11 is 1.52. The third-order valence-electron chi connectivity index (χ3n) is 5.00. The van der Waals surface area contributed by atoms with Crippen LogP contribution in [0, 0.1) is 48.7 Å². The third-order valence-corrected chi connectivity index (χ3v) is 5.94. The van der Waals surface area contributed by atoms with E-state index in [1.54, 1.807) is 22.2 Å². The van der Waals surface area contributed by atoms with Crippen molar-refractivity contribution in [3.63, 3.8) is 0 Å². The Morgan fingerprint density at radius 2 is 1.88 bits per heavy atom. The maximum atomic E-state index is 13.0. The summed E-state index contributed by atoms with van der Waals surface area (Å²) in [7, 11) is 0. The minimum atomic E-state index is -0.212. The Bertz CT molecular complexity index is 987. The molecule has 0 bridgehead atoms. The van der Waals surface area contributed by atoms with Gasteiger partial charge in [0, 0.05) is 77.7 Å². The molecule has 1 unspecified atom stereocenters. The summed E-state index contributed by atoms with van der Waals surface area (Å²) in [6.45, 7) is 1.33. The first kappa shape index (κ1) is 26.4. The molecule has 3 aromatic rings. The molecule has 7 nitrogen and oxygen atoms in total. The first-order chi connectivity index (χ1) is 14.7. The van der Waals surface area contributed by atoms with Crippen LogP contribution >= 0.6 is 11.3 Å². The van der Waals surface area contributed by atoms with E-state index in [0.29, 0.717) is 31.8 Å². The van der Waals surface area contributed by atoms with Gasteiger partial charge in [-0.1, -0.05) is 18.2 Å². The molecule has 3 heterocycles. The average Bonchev–Trinajstić information content (AvgIpc) is 3.19. The summed E-state index contributed by atoms with van der Waals surface area (Å²) in [5.74, 6) is 0.520. The van der Waals surface area contributed by atoms with Gasteiger partial charge in [-0.25, -0.2) is 4.98 Å². The number of amides is 2. The normalized spacial score (nSPS) is 15.7. The van der Waals surface area contributed by atoms with E-state index in [4.69, 9.17) is 9.72 Å². The molecular formula is C23H24N4O3PrS-2. The second-order valence-electron chi connectivity index (χ2n) is 6.88. The molecule has 2 amide bonds. The Kier molecular flexibility index (Phi) is 10.7. The van der Waals surface area contributed by atoms with Crippen molar-refractivity contribution in [2.45, 2.75) is 12.5 Å². The third kappa shape index (κ3) is 6.56. The van der Waals surface area contributed by atoms with Gasteiger partial charge in [0.25, 0.3) is 5.91 Å². The van der Waals surface area contributed by atoms with Crippen LogP contribution in [-0.2, 0) is 9.59 Å². The van der Waals surface area contributed by atoms with Crippen LogP contribution in [0.25, 0.3) is 11.3 Å². The maximum Gasteiger partial charge on any atom is 0.261 e. The van der Waals surface area contributed by atoms with E-state index in [9.17, 15) is 9.59 Å². The summed E-state index contributed by atoms with van der Waals surface area (Å²) in [5.41, 5.74) is 1.84. The number of benzene rings is 1. The maximum absolute atomic E-state index is 13.0. The summed E-state index contributed by atoms with van der Waals surface area (Å²) in [6, 6.07) is 12.9. The summed E-state index contributed by atoms with van der Waals surface area (Å²) in [6.07, 6.45) is 6.02. The number of pyridine rings is 1. The van der Waals surface area contributed by atoms with Crippen molar-refractivity contribution < 1.29 is 55.6 Å². The molecule has 9 heteroatoms. The molecule has 1 aromatic carbocycles. The number of ether oxygens (including phenoxy) is 1. The van der Waals surface area contributed by atoms with Crippen molar-refractivity contribution in [3.8, 4) is 17.0 Å². The molecule has 32 heavy (non-hydrogen) atoms. The molecule has 2 aromatic heterocycles. The minimum absolute atomic E-state index is 0. The van der Waals surface area contributed by atoms with Gasteiger partial charge in [-0.2, -0.15) is 6.41 Å². The van der Waals surface area contributed by atoms with Crippen LogP contribution in [0.2, 0.25) is 0 Å². The van der Waals surface area contributed by atoms with Gasteiger partial charge in [0.05, 0.1) is 11.7 Å². The molecule has 1 atom stereocenters. The van der Waals surface area contributed by atoms with Crippen LogP contribution in [0.1, 0.15) is 17.5 Å². The zero-order valence-corrected chi connectivity index (χ0v) is 22.4. The average molecular weight is 577 g/mol. The molecule has 165 valence electrons. The van der Waals surface area contributed by atoms with Gasteiger partial charge >= 0.3 is 0 Å². The van der Waals surface area contributed by atoms with Crippen molar-refractivity contribution in [2.24, 2.45) is 0 Å². The topological polar surface area (TPSA) is 75.6 Å². The number of carbonyl (C=O) groups excluding carboxylic acids is 2. The van der Waals surface area contributed by atoms with E-state index in [2.05, 4.69) is 4.98 Å². The Hall–Kier alpha value is -1.90. The van der Waals surface area contributed by atoms with E-state index >= 15 is 0 Å². The number of rotatable bonds is 6. The molecule has 1 aliphatic rings. The molecule has 0 spiro atoms. The number of nitrogens with zero attached hydrogens (tertiary/aromatic N) is 4. The summed E-state index contributed by atoms with van der Waals surface area (Å²) in [5, 5.41) is 2.84. The van der Waals surface area contributed by atoms with Gasteiger partial charge in [-0.15, -0.1) is 11.3 Å². The molecule has 1 saturated heterocycles. The van der Waals surface area contributed by atoms with Crippen LogP contribution in [0.5, 0.6) is 5.75 Å². The predicted molar refractivity (Wildman–Crippen MR) is 120 cm³/mol. The van der Waals surface area contributed by atoms with E-state index < -0.39 is 0 Å². The van der Waals surface area contributed by atoms with Crippen molar-refractivity contribution >= 4 is 23.7 Å². The first-order valence-electron chi connectivity index (χ1n) is 9.70. The molecule has 0 saturated carbocycles. The number of carbonyl (C=O) groups is 1. The van der Waals surface area contributed by atoms with Crippen LogP contribution in [0.3, 0.4) is 0 Å². The first-order valence-corrected chi connectivity index (χ1v) is 10.6. The monoisotopic (exact) mass is 577 g/mol. The molecule has 4 rings (SSSR count). The Morgan fingerprint density at radius 1 is 1.12 bits per heavy atom. The van der Waals surface area contributed by atoms with Gasteiger partial charge in [-0.05, 0) is 37.2 Å². The minimum Gasteiger partial charge on any atom is -0.520 e. The van der Waals surface area contributed by atoms with Crippen LogP contribution in [0.15, 0.2) is 60.2 Å². The van der Waals surface area contributed by atoms with Crippen molar-refractivity contribution in [1.29, 1.82) is 0 Å². The van der Waals surface area contributed by atoms with E-state index in [-0.39, 0.29) is 67.3 Å². The quantitative estimate of drug-likeness (QED) is 0.420. The fraction of sp³-hybridized carbons (Fsp3) is 0.261. The van der Waals surface area contributed by atoms with Gasteiger partial charge in [0.2, 0.25) is 0 Å². The van der Waals surface area contributed by atoms with Crippen LogP contribution in [0.4, 0.5) is 0 Å². The van der Waals surface area contributed by atoms with E-state index in [0.717, 1.165) is 16.3 Å². The van der Waals surface area contributed by atoms with Crippen molar-refractivity contribution in [3.05, 3.63) is 72.7 Å². The fourth-order valence-electron chi connectivity index (χ4n) is 3.42. The van der Waals surface area contributed by atoms with Gasteiger partial charge in [0.15, 0.2) is 6.61 Å². The SMILES string of the molecule is O=[C-]N1CCC(c2nc(-c3ccncc3)cs2)N(C(=O)COc2ccccc2)CC1.[CH3-].[Pr]. The number of hydrogen-bond acceptors (Lipinski definition) is 6. The fourth-order valence-corrected chi connectivity index (χ4v) is 4.39. The Balaban J connectivity index is 0.00000181. The summed E-state index contributed by atoms with van der Waals surface area (Å²) in [4.78, 5) is 36.4. The zero-order chi connectivity index (χ0) is 20.8. The largest absolute Gasteiger partial charge is 0.520 e. The zero-order valence-electron chi connectivity index (χ0n) is 17.9. The number of hydrogen-bond donors (Lipinski definition) is 0. The molecule has 1 fully saturated rings. The van der Waals surface area contributed by atoms with Crippen molar-refractivity contribution in [2.75, 3.05) is 26.2 Å². The number of aromatic nitrogens is 2. The van der Waals surface area contributed by atoms with Crippen molar-refractivity contribution in [1.82, 2.24) is 19.8 Å².